The molecule has 1 saturated carbocycles. The molecule has 0 bridgehead atoms. The maximum atomic E-state index is 13.1. The zero-order chi connectivity index (χ0) is 25.4. The second-order valence-electron chi connectivity index (χ2n) is 7.59. The molecule has 0 saturated heterocycles. The highest BCUT2D eigenvalue weighted by atomic mass is 35.5. The summed E-state index contributed by atoms with van der Waals surface area (Å²) in [4.78, 5) is 25.5. The van der Waals surface area contributed by atoms with Gasteiger partial charge in [-0.1, -0.05) is 34.8 Å². The molecule has 1 fully saturated rings. The van der Waals surface area contributed by atoms with Gasteiger partial charge in [0.25, 0.3) is 12.3 Å². The molecule has 0 heterocycles. The van der Waals surface area contributed by atoms with Crippen LogP contribution in [0.5, 0.6) is 0 Å². The lowest BCUT2D eigenvalue weighted by molar-refractivity contribution is -0.117. The van der Waals surface area contributed by atoms with Gasteiger partial charge in [0.15, 0.2) is 6.17 Å². The SMILES string of the molecule is CN(NCC(F)C(F)F)C(=O)c1cc(NC(=O)C2C(c3cc(Cl)cc(Cl)c3)C2(Cl)Cl)ccc1Cl. The first-order valence-electron chi connectivity index (χ1n) is 9.71. The van der Waals surface area contributed by atoms with E-state index in [0.717, 1.165) is 5.01 Å². The van der Waals surface area contributed by atoms with Crippen molar-refractivity contribution in [2.24, 2.45) is 5.92 Å². The predicted molar refractivity (Wildman–Crippen MR) is 128 cm³/mol. The first-order valence-corrected chi connectivity index (χ1v) is 11.6. The van der Waals surface area contributed by atoms with Gasteiger partial charge < -0.3 is 5.32 Å². The Morgan fingerprint density at radius 1 is 1.06 bits per heavy atom. The van der Waals surface area contributed by atoms with E-state index < -0.39 is 47.1 Å². The highest BCUT2D eigenvalue weighted by Crippen LogP contribution is 2.65. The van der Waals surface area contributed by atoms with Crippen molar-refractivity contribution in [1.82, 2.24) is 10.4 Å². The lowest BCUT2D eigenvalue weighted by Crippen LogP contribution is -2.44. The van der Waals surface area contributed by atoms with Crippen LogP contribution in [-0.2, 0) is 4.79 Å². The Bertz CT molecular complexity index is 1090. The van der Waals surface area contributed by atoms with Gasteiger partial charge in [-0.25, -0.2) is 18.6 Å². The van der Waals surface area contributed by atoms with E-state index in [2.05, 4.69) is 10.7 Å². The molecule has 2 amide bonds. The van der Waals surface area contributed by atoms with Crippen LogP contribution in [0.4, 0.5) is 18.9 Å². The molecule has 0 radical (unpaired) electrons. The minimum atomic E-state index is -3.19. The number of amides is 2. The Hall–Kier alpha value is -1.42. The van der Waals surface area contributed by atoms with E-state index in [1.807, 2.05) is 0 Å². The Morgan fingerprint density at radius 2 is 1.68 bits per heavy atom. The molecular formula is C21H17Cl5F3N3O2. The molecule has 2 aromatic carbocycles. The number of hydrogen-bond donors (Lipinski definition) is 2. The number of carbonyl (C=O) groups is 2. The second-order valence-corrected chi connectivity index (χ2v) is 10.3. The van der Waals surface area contributed by atoms with Crippen LogP contribution in [0, 0.1) is 5.92 Å². The topological polar surface area (TPSA) is 61.4 Å². The van der Waals surface area contributed by atoms with Crippen LogP contribution in [0.15, 0.2) is 36.4 Å². The predicted octanol–water partition coefficient (Wildman–Crippen LogP) is 6.35. The van der Waals surface area contributed by atoms with Crippen molar-refractivity contribution in [1.29, 1.82) is 0 Å². The molecule has 0 aromatic heterocycles. The average molecular weight is 578 g/mol. The lowest BCUT2D eigenvalue weighted by atomic mass is 10.1. The molecule has 3 rings (SSSR count). The van der Waals surface area contributed by atoms with Crippen LogP contribution in [0.2, 0.25) is 15.1 Å². The van der Waals surface area contributed by atoms with Gasteiger partial charge in [-0.3, -0.25) is 14.6 Å². The van der Waals surface area contributed by atoms with Crippen molar-refractivity contribution < 1.29 is 22.8 Å². The van der Waals surface area contributed by atoms with Crippen LogP contribution in [0.25, 0.3) is 0 Å². The number of anilines is 1. The van der Waals surface area contributed by atoms with Crippen molar-refractivity contribution in [3.63, 3.8) is 0 Å². The van der Waals surface area contributed by atoms with Crippen molar-refractivity contribution in [3.8, 4) is 0 Å². The fraction of sp³-hybridized carbons (Fsp3) is 0.333. The first-order chi connectivity index (χ1) is 15.8. The van der Waals surface area contributed by atoms with Gasteiger partial charge in [-0.15, -0.1) is 23.2 Å². The standard InChI is InChI=1S/C21H17Cl5F3N3O2/c1-32(30-8-15(27)18(28)29)20(34)13-7-12(2-3-14(13)24)31-19(33)17-16(21(17,25)26)9-4-10(22)6-11(23)5-9/h2-7,15-18,30H,8H2,1H3,(H,31,33). The summed E-state index contributed by atoms with van der Waals surface area (Å²) < 4.78 is 36.4. The summed E-state index contributed by atoms with van der Waals surface area (Å²) in [5, 5.41) is 4.22. The first kappa shape index (κ1) is 27.2. The normalized spacial score (nSPS) is 19.6. The minimum Gasteiger partial charge on any atom is -0.326 e. The van der Waals surface area contributed by atoms with Gasteiger partial charge >= 0.3 is 0 Å². The molecule has 3 unspecified atom stereocenters. The molecule has 3 atom stereocenters. The number of carbonyl (C=O) groups excluding carboxylic acids is 2. The number of alkyl halides is 5. The molecule has 2 aromatic rings. The molecule has 184 valence electrons. The number of halogens is 8. The van der Waals surface area contributed by atoms with Crippen molar-refractivity contribution in [2.45, 2.75) is 22.8 Å². The Kier molecular flexibility index (Phi) is 8.54. The fourth-order valence-corrected chi connectivity index (χ4v) is 4.94. The summed E-state index contributed by atoms with van der Waals surface area (Å²) in [7, 11) is 1.22. The van der Waals surface area contributed by atoms with Gasteiger partial charge in [-0.2, -0.15) is 0 Å². The highest BCUT2D eigenvalue weighted by molar-refractivity contribution is 6.53. The zero-order valence-electron chi connectivity index (χ0n) is 17.3. The third-order valence-corrected chi connectivity index (χ3v) is 6.85. The number of benzene rings is 2. The summed E-state index contributed by atoms with van der Waals surface area (Å²) in [5.74, 6) is -2.65. The summed E-state index contributed by atoms with van der Waals surface area (Å²) in [6, 6.07) is 8.87. The van der Waals surface area contributed by atoms with E-state index in [9.17, 15) is 22.8 Å². The molecule has 2 N–H and O–H groups in total. The molecule has 5 nitrogen and oxygen atoms in total. The van der Waals surface area contributed by atoms with Crippen molar-refractivity contribution in [2.75, 3.05) is 18.9 Å². The smallest absolute Gasteiger partial charge is 0.270 e. The maximum absolute atomic E-state index is 13.1. The molecule has 1 aliphatic rings. The van der Waals surface area contributed by atoms with Gasteiger partial charge in [0.05, 0.1) is 23.0 Å². The highest BCUT2D eigenvalue weighted by Gasteiger charge is 2.67. The van der Waals surface area contributed by atoms with Crippen LogP contribution < -0.4 is 10.7 Å². The van der Waals surface area contributed by atoms with Gasteiger partial charge in [0.1, 0.15) is 4.33 Å². The van der Waals surface area contributed by atoms with Crippen LogP contribution in [-0.4, -0.2) is 47.3 Å². The third kappa shape index (κ3) is 6.04. The Labute approximate surface area is 218 Å². The summed E-state index contributed by atoms with van der Waals surface area (Å²) >= 11 is 30.9. The van der Waals surface area contributed by atoms with E-state index in [4.69, 9.17) is 58.0 Å². The molecule has 0 spiro atoms. The van der Waals surface area contributed by atoms with E-state index in [0.29, 0.717) is 15.6 Å². The van der Waals surface area contributed by atoms with E-state index in [1.54, 1.807) is 12.1 Å². The molecule has 0 aliphatic heterocycles. The minimum absolute atomic E-state index is 0.0317. The van der Waals surface area contributed by atoms with E-state index >= 15 is 0 Å². The van der Waals surface area contributed by atoms with Crippen molar-refractivity contribution in [3.05, 3.63) is 62.6 Å². The van der Waals surface area contributed by atoms with Crippen LogP contribution in [0.1, 0.15) is 21.8 Å². The molecule has 34 heavy (non-hydrogen) atoms. The van der Waals surface area contributed by atoms with E-state index in [-0.39, 0.29) is 16.3 Å². The largest absolute Gasteiger partial charge is 0.326 e. The Morgan fingerprint density at radius 3 is 2.26 bits per heavy atom. The fourth-order valence-electron chi connectivity index (χ4n) is 3.38. The number of nitrogens with zero attached hydrogens (tertiary/aromatic N) is 1. The Balaban J connectivity index is 1.72. The number of rotatable bonds is 8. The lowest BCUT2D eigenvalue weighted by Gasteiger charge is -2.20. The van der Waals surface area contributed by atoms with Crippen molar-refractivity contribution >= 4 is 75.5 Å². The molecule has 1 aliphatic carbocycles. The number of nitrogens with one attached hydrogen (secondary N) is 2. The summed E-state index contributed by atoms with van der Waals surface area (Å²) in [6.07, 6.45) is -5.65. The third-order valence-electron chi connectivity index (χ3n) is 5.15. The summed E-state index contributed by atoms with van der Waals surface area (Å²) in [5.41, 5.74) is 3.00. The second kappa shape index (κ2) is 10.7. The molecular weight excluding hydrogens is 561 g/mol. The quantitative estimate of drug-likeness (QED) is 0.284. The average Bonchev–Trinajstić information content (AvgIpc) is 3.33. The van der Waals surface area contributed by atoms with Gasteiger partial charge in [-0.05, 0) is 42.0 Å². The maximum Gasteiger partial charge on any atom is 0.270 e. The zero-order valence-corrected chi connectivity index (χ0v) is 21.0. The van der Waals surface area contributed by atoms with E-state index in [1.165, 1.54) is 31.3 Å². The number of hydrogen-bond acceptors (Lipinski definition) is 3. The molecule has 13 heteroatoms. The summed E-state index contributed by atoms with van der Waals surface area (Å²) in [6.45, 7) is -0.780. The van der Waals surface area contributed by atoms with Gasteiger partial charge in [0.2, 0.25) is 5.91 Å². The van der Waals surface area contributed by atoms with Gasteiger partial charge in [0, 0.05) is 28.7 Å². The monoisotopic (exact) mass is 575 g/mol. The van der Waals surface area contributed by atoms with Crippen LogP contribution in [0.3, 0.4) is 0 Å². The van der Waals surface area contributed by atoms with Crippen LogP contribution >= 0.6 is 58.0 Å². The number of hydrazine groups is 1.